The van der Waals surface area contributed by atoms with Gasteiger partial charge in [0.25, 0.3) is 0 Å². The van der Waals surface area contributed by atoms with Crippen LogP contribution in [0.3, 0.4) is 0 Å². The van der Waals surface area contributed by atoms with Crippen LogP contribution in [0.1, 0.15) is 37.3 Å². The molecule has 38 heavy (non-hydrogen) atoms. The second kappa shape index (κ2) is 10.1. The van der Waals surface area contributed by atoms with Gasteiger partial charge in [0.15, 0.2) is 11.5 Å². The molecule has 2 amide bonds. The number of para-hydroxylation sites is 1. The van der Waals surface area contributed by atoms with Gasteiger partial charge in [-0.25, -0.2) is 9.07 Å². The van der Waals surface area contributed by atoms with Crippen LogP contribution in [0, 0.1) is 5.82 Å². The van der Waals surface area contributed by atoms with Gasteiger partial charge in [0, 0.05) is 17.8 Å². The third-order valence-corrected chi connectivity index (χ3v) is 7.00. The summed E-state index contributed by atoms with van der Waals surface area (Å²) in [5.41, 5.74) is 2.28. The van der Waals surface area contributed by atoms with Crippen LogP contribution in [0.25, 0.3) is 11.0 Å². The smallest absolute Gasteiger partial charge is 0.249 e. The number of benzene rings is 3. The number of halogens is 1. The molecule has 1 atom stereocenters. The molecule has 0 saturated heterocycles. The molecule has 9 nitrogen and oxygen atoms in total. The number of nitrogens with zero attached hydrogens (tertiary/aromatic N) is 4. The van der Waals surface area contributed by atoms with Crippen molar-refractivity contribution < 1.29 is 23.5 Å². The summed E-state index contributed by atoms with van der Waals surface area (Å²) in [6, 6.07) is 17.1. The van der Waals surface area contributed by atoms with E-state index in [4.69, 9.17) is 9.47 Å². The predicted octanol–water partition coefficient (Wildman–Crippen LogP) is 4.13. The van der Waals surface area contributed by atoms with Crippen LogP contribution in [0.5, 0.6) is 11.5 Å². The summed E-state index contributed by atoms with van der Waals surface area (Å²) >= 11 is 0. The molecule has 10 heteroatoms. The first-order chi connectivity index (χ1) is 18.6. The Balaban J connectivity index is 1.43. The number of fused-ring (bicyclic) bond motifs is 2. The summed E-state index contributed by atoms with van der Waals surface area (Å²) in [4.78, 5) is 29.4. The van der Waals surface area contributed by atoms with Crippen molar-refractivity contribution >= 4 is 28.5 Å². The maximum absolute atomic E-state index is 14.1. The number of carbonyl (C=O) groups is 2. The van der Waals surface area contributed by atoms with Crippen molar-refractivity contribution in [2.24, 2.45) is 0 Å². The Kier molecular flexibility index (Phi) is 6.36. The van der Waals surface area contributed by atoms with Crippen LogP contribution >= 0.6 is 0 Å². The fraction of sp³-hybridized carbons (Fsp3) is 0.286. The Morgan fingerprint density at radius 3 is 2.61 bits per heavy atom. The van der Waals surface area contributed by atoms with Crippen LogP contribution in [-0.4, -0.2) is 39.6 Å². The number of carbonyl (C=O) groups excluding carboxylic acids is 2. The number of anilines is 1. The van der Waals surface area contributed by atoms with Crippen molar-refractivity contribution in [2.75, 3.05) is 11.7 Å². The fourth-order valence-electron chi connectivity index (χ4n) is 5.12. The minimum Gasteiger partial charge on any atom is -0.454 e. The molecular formula is C28H26FN5O4. The highest BCUT2D eigenvalue weighted by atomic mass is 19.1. The molecule has 0 spiro atoms. The topological polar surface area (TPSA) is 98.6 Å². The largest absolute Gasteiger partial charge is 0.454 e. The molecule has 1 fully saturated rings. The summed E-state index contributed by atoms with van der Waals surface area (Å²) in [6.07, 6.45) is 3.84. The first-order valence-corrected chi connectivity index (χ1v) is 12.6. The Morgan fingerprint density at radius 1 is 1.03 bits per heavy atom. The van der Waals surface area contributed by atoms with E-state index in [0.717, 1.165) is 25.7 Å². The lowest BCUT2D eigenvalue weighted by atomic mass is 10.0. The molecule has 6 rings (SSSR count). The van der Waals surface area contributed by atoms with Gasteiger partial charge in [-0.2, -0.15) is 0 Å². The Labute approximate surface area is 218 Å². The molecule has 1 N–H and O–H groups in total. The average molecular weight is 516 g/mol. The number of aromatic nitrogens is 3. The molecular weight excluding hydrogens is 489 g/mol. The SMILES string of the molecule is O=C(NC1CCCC1)C(c1ccc(F)cc1)N(C(=O)Cn1nnc2ccccc21)c1ccc2c(c1)OCO2. The molecule has 1 aliphatic heterocycles. The Morgan fingerprint density at radius 2 is 1.79 bits per heavy atom. The maximum Gasteiger partial charge on any atom is 0.249 e. The van der Waals surface area contributed by atoms with E-state index in [1.54, 1.807) is 18.2 Å². The lowest BCUT2D eigenvalue weighted by molar-refractivity contribution is -0.127. The van der Waals surface area contributed by atoms with Crippen molar-refractivity contribution in [3.8, 4) is 11.5 Å². The van der Waals surface area contributed by atoms with Crippen molar-refractivity contribution in [3.63, 3.8) is 0 Å². The highest BCUT2D eigenvalue weighted by molar-refractivity contribution is 6.02. The van der Waals surface area contributed by atoms with E-state index in [-0.39, 0.29) is 25.3 Å². The average Bonchev–Trinajstić information content (AvgIpc) is 3.69. The van der Waals surface area contributed by atoms with E-state index >= 15 is 0 Å². The highest BCUT2D eigenvalue weighted by Crippen LogP contribution is 2.38. The number of hydrogen-bond acceptors (Lipinski definition) is 6. The summed E-state index contributed by atoms with van der Waals surface area (Å²) in [7, 11) is 0. The molecule has 4 aromatic rings. The minimum absolute atomic E-state index is 0.0263. The zero-order valence-corrected chi connectivity index (χ0v) is 20.5. The van der Waals surface area contributed by atoms with Crippen LogP contribution in [0.2, 0.25) is 0 Å². The normalized spacial score (nSPS) is 15.5. The van der Waals surface area contributed by atoms with Gasteiger partial charge in [-0.1, -0.05) is 42.3 Å². The second-order valence-electron chi connectivity index (χ2n) is 9.48. The summed E-state index contributed by atoms with van der Waals surface area (Å²) in [6.45, 7) is -0.0927. The Hall–Kier alpha value is -4.47. The van der Waals surface area contributed by atoms with Crippen LogP contribution in [0.15, 0.2) is 66.7 Å². The van der Waals surface area contributed by atoms with E-state index in [9.17, 15) is 14.0 Å². The third kappa shape index (κ3) is 4.65. The van der Waals surface area contributed by atoms with Crippen LogP contribution < -0.4 is 19.7 Å². The van der Waals surface area contributed by atoms with Crippen molar-refractivity contribution in [1.82, 2.24) is 20.3 Å². The molecule has 3 aromatic carbocycles. The fourth-order valence-corrected chi connectivity index (χ4v) is 5.12. The number of hydrogen-bond donors (Lipinski definition) is 1. The Bertz CT molecular complexity index is 1480. The van der Waals surface area contributed by atoms with E-state index in [1.807, 2.05) is 24.3 Å². The monoisotopic (exact) mass is 515 g/mol. The first kappa shape index (κ1) is 23.9. The number of nitrogens with one attached hydrogen (secondary N) is 1. The predicted molar refractivity (Wildman–Crippen MR) is 137 cm³/mol. The van der Waals surface area contributed by atoms with Crippen molar-refractivity contribution in [1.29, 1.82) is 0 Å². The van der Waals surface area contributed by atoms with Gasteiger partial charge in [-0.05, 0) is 54.8 Å². The molecule has 194 valence electrons. The lowest BCUT2D eigenvalue weighted by Crippen LogP contribution is -2.47. The van der Waals surface area contributed by atoms with E-state index in [0.29, 0.717) is 33.8 Å². The van der Waals surface area contributed by atoms with Gasteiger partial charge < -0.3 is 14.8 Å². The molecule has 1 saturated carbocycles. The van der Waals surface area contributed by atoms with Gasteiger partial charge in [-0.3, -0.25) is 14.5 Å². The number of amides is 2. The summed E-state index contributed by atoms with van der Waals surface area (Å²) in [5, 5.41) is 11.4. The van der Waals surface area contributed by atoms with Gasteiger partial charge in [0.05, 0.1) is 5.52 Å². The van der Waals surface area contributed by atoms with Gasteiger partial charge in [-0.15, -0.1) is 5.10 Å². The molecule has 0 bridgehead atoms. The van der Waals surface area contributed by atoms with Crippen LogP contribution in [0.4, 0.5) is 10.1 Å². The molecule has 0 radical (unpaired) electrons. The number of rotatable bonds is 7. The van der Waals surface area contributed by atoms with E-state index in [2.05, 4.69) is 15.6 Å². The standard InChI is InChI=1S/C28H26FN5O4/c29-19-11-9-18(10-12-19)27(28(36)30-20-5-1-2-6-20)34(21-13-14-24-25(15-21)38-17-37-24)26(35)16-33-23-8-4-3-7-22(23)31-32-33/h3-4,7-15,20,27H,1-2,5-6,16-17H2,(H,30,36). The first-order valence-electron chi connectivity index (χ1n) is 12.6. The zero-order valence-electron chi connectivity index (χ0n) is 20.5. The van der Waals surface area contributed by atoms with E-state index < -0.39 is 17.8 Å². The molecule has 1 aliphatic carbocycles. The maximum atomic E-state index is 14.1. The van der Waals surface area contributed by atoms with Gasteiger partial charge in [0.1, 0.15) is 23.9 Å². The molecule has 1 aromatic heterocycles. The van der Waals surface area contributed by atoms with Crippen molar-refractivity contribution in [2.45, 2.75) is 44.3 Å². The molecule has 2 aliphatic rings. The summed E-state index contributed by atoms with van der Waals surface area (Å²) < 4.78 is 26.4. The van der Waals surface area contributed by atoms with E-state index in [1.165, 1.54) is 33.8 Å². The van der Waals surface area contributed by atoms with Gasteiger partial charge in [0.2, 0.25) is 18.6 Å². The van der Waals surface area contributed by atoms with Crippen molar-refractivity contribution in [3.05, 3.63) is 78.1 Å². The third-order valence-electron chi connectivity index (χ3n) is 7.00. The molecule has 2 heterocycles. The van der Waals surface area contributed by atoms with Crippen LogP contribution in [-0.2, 0) is 16.1 Å². The lowest BCUT2D eigenvalue weighted by Gasteiger charge is -2.32. The highest BCUT2D eigenvalue weighted by Gasteiger charge is 2.35. The quantitative estimate of drug-likeness (QED) is 0.397. The summed E-state index contributed by atoms with van der Waals surface area (Å²) in [5.74, 6) is -0.134. The zero-order chi connectivity index (χ0) is 26.1. The molecule has 1 unspecified atom stereocenters. The second-order valence-corrected chi connectivity index (χ2v) is 9.48. The minimum atomic E-state index is -1.06. The number of ether oxygens (including phenoxy) is 2. The van der Waals surface area contributed by atoms with Gasteiger partial charge >= 0.3 is 0 Å².